The Balaban J connectivity index is 2.19. The third kappa shape index (κ3) is 2.73. The second kappa shape index (κ2) is 6.60. The average molecular weight is 508 g/mol. The van der Waals surface area contributed by atoms with Crippen LogP contribution in [-0.4, -0.2) is 8.75 Å². The summed E-state index contributed by atoms with van der Waals surface area (Å²) in [5, 5.41) is 19.6. The molecule has 0 aliphatic heterocycles. The minimum absolute atomic E-state index is 0.344. The largest absolute Gasteiger partial charge is 0.192 e. The first-order valence-electron chi connectivity index (χ1n) is 6.78. The zero-order chi connectivity index (χ0) is 17.6. The standard InChI is InChI=1S/C16H4Br2N4S3/c17-11-3-1-9(23-11)13-7(5-19)8(6-20)14(10-2-4-12(18)24-10)16-15(13)21-25-22-16/h1-4H. The molecular weight excluding hydrogens is 504 g/mol. The van der Waals surface area contributed by atoms with Crippen molar-refractivity contribution in [2.24, 2.45) is 0 Å². The SMILES string of the molecule is N#Cc1c(C#N)c(-c2ccc(Br)s2)c2nsnc2c1-c1ccc(Br)s1. The van der Waals surface area contributed by atoms with E-state index in [9.17, 15) is 10.5 Å². The van der Waals surface area contributed by atoms with Crippen LogP contribution in [0.15, 0.2) is 31.8 Å². The summed E-state index contributed by atoms with van der Waals surface area (Å²) in [7, 11) is 0. The molecule has 9 heteroatoms. The maximum atomic E-state index is 9.81. The molecule has 0 aliphatic rings. The highest BCUT2D eigenvalue weighted by Gasteiger charge is 2.25. The first-order chi connectivity index (χ1) is 12.1. The fraction of sp³-hybridized carbons (Fsp3) is 0. The van der Waals surface area contributed by atoms with Gasteiger partial charge in [-0.05, 0) is 56.1 Å². The molecule has 0 amide bonds. The van der Waals surface area contributed by atoms with Crippen molar-refractivity contribution in [3.05, 3.63) is 43.0 Å². The second-order valence-electron chi connectivity index (χ2n) is 4.89. The third-order valence-corrected chi connectivity index (χ3v) is 7.39. The molecule has 0 atom stereocenters. The van der Waals surface area contributed by atoms with E-state index in [4.69, 9.17) is 0 Å². The molecule has 0 spiro atoms. The number of halogens is 2. The molecule has 0 saturated heterocycles. The van der Waals surface area contributed by atoms with Crippen molar-refractivity contribution in [1.29, 1.82) is 10.5 Å². The number of hydrogen-bond donors (Lipinski definition) is 0. The van der Waals surface area contributed by atoms with Crippen molar-refractivity contribution in [2.45, 2.75) is 0 Å². The van der Waals surface area contributed by atoms with Crippen molar-refractivity contribution >= 4 is 77.3 Å². The second-order valence-corrected chi connectivity index (χ2v) is 10.3. The predicted octanol–water partition coefficient (Wildman–Crippen LogP) is 6.42. The topological polar surface area (TPSA) is 73.4 Å². The van der Waals surface area contributed by atoms with E-state index in [1.807, 2.05) is 24.3 Å². The Morgan fingerprint density at radius 2 is 1.20 bits per heavy atom. The minimum atomic E-state index is 0.344. The van der Waals surface area contributed by atoms with Gasteiger partial charge in [-0.3, -0.25) is 0 Å². The lowest BCUT2D eigenvalue weighted by Crippen LogP contribution is -1.95. The number of nitrogens with zero attached hydrogens (tertiary/aromatic N) is 4. The number of aromatic nitrogens is 2. The van der Waals surface area contributed by atoms with Crippen LogP contribution in [0.5, 0.6) is 0 Å². The van der Waals surface area contributed by atoms with Gasteiger partial charge in [0.05, 0.1) is 30.4 Å². The van der Waals surface area contributed by atoms with Gasteiger partial charge in [-0.1, -0.05) is 0 Å². The van der Waals surface area contributed by atoms with E-state index in [2.05, 4.69) is 52.7 Å². The summed E-state index contributed by atoms with van der Waals surface area (Å²) in [4.78, 5) is 1.77. The van der Waals surface area contributed by atoms with Gasteiger partial charge in [0.1, 0.15) is 23.2 Å². The molecule has 0 fully saturated rings. The fourth-order valence-electron chi connectivity index (χ4n) is 2.60. The van der Waals surface area contributed by atoms with E-state index in [1.54, 1.807) is 0 Å². The molecule has 3 aromatic heterocycles. The molecule has 120 valence electrons. The Morgan fingerprint density at radius 1 is 0.760 bits per heavy atom. The minimum Gasteiger partial charge on any atom is -0.192 e. The zero-order valence-electron chi connectivity index (χ0n) is 12.1. The highest BCUT2D eigenvalue weighted by molar-refractivity contribution is 9.11. The summed E-state index contributed by atoms with van der Waals surface area (Å²) in [6.07, 6.45) is 0. The summed E-state index contributed by atoms with van der Waals surface area (Å²) < 4.78 is 10.8. The molecular formula is C16H4Br2N4S3. The summed E-state index contributed by atoms with van der Waals surface area (Å²) in [6, 6.07) is 12.1. The molecule has 4 rings (SSSR count). The molecule has 0 unspecified atom stereocenters. The van der Waals surface area contributed by atoms with E-state index in [0.717, 1.165) is 29.1 Å². The van der Waals surface area contributed by atoms with Gasteiger partial charge in [0.2, 0.25) is 0 Å². The highest BCUT2D eigenvalue weighted by Crippen LogP contribution is 2.45. The van der Waals surface area contributed by atoms with Gasteiger partial charge in [0.15, 0.2) is 0 Å². The number of nitriles is 2. The smallest absolute Gasteiger partial charge is 0.115 e. The fourth-order valence-corrected chi connectivity index (χ4v) is 6.04. The lowest BCUT2D eigenvalue weighted by molar-refractivity contribution is 1.44. The van der Waals surface area contributed by atoms with E-state index in [0.29, 0.717) is 33.3 Å². The molecule has 4 nitrogen and oxygen atoms in total. The summed E-state index contributed by atoms with van der Waals surface area (Å²) in [5.74, 6) is 0. The summed E-state index contributed by atoms with van der Waals surface area (Å²) >= 11 is 11.0. The first-order valence-corrected chi connectivity index (χ1v) is 10.7. The van der Waals surface area contributed by atoms with Gasteiger partial charge in [-0.25, -0.2) is 0 Å². The Labute approximate surface area is 171 Å². The number of benzene rings is 1. The van der Waals surface area contributed by atoms with Gasteiger partial charge in [0.25, 0.3) is 0 Å². The van der Waals surface area contributed by atoms with Crippen LogP contribution in [0.2, 0.25) is 0 Å². The van der Waals surface area contributed by atoms with E-state index < -0.39 is 0 Å². The molecule has 3 heterocycles. The van der Waals surface area contributed by atoms with Crippen LogP contribution in [0.3, 0.4) is 0 Å². The van der Waals surface area contributed by atoms with Gasteiger partial charge in [-0.2, -0.15) is 19.3 Å². The number of hydrogen-bond acceptors (Lipinski definition) is 7. The van der Waals surface area contributed by atoms with Crippen LogP contribution in [0, 0.1) is 22.7 Å². The van der Waals surface area contributed by atoms with E-state index in [-0.39, 0.29) is 0 Å². The van der Waals surface area contributed by atoms with Gasteiger partial charge >= 0.3 is 0 Å². The molecule has 0 N–H and O–H groups in total. The predicted molar refractivity (Wildman–Crippen MR) is 109 cm³/mol. The van der Waals surface area contributed by atoms with Crippen molar-refractivity contribution in [2.75, 3.05) is 0 Å². The lowest BCUT2D eigenvalue weighted by atomic mass is 9.93. The molecule has 0 saturated carbocycles. The summed E-state index contributed by atoms with van der Waals surface area (Å²) in [5.41, 5.74) is 3.37. The van der Waals surface area contributed by atoms with Crippen LogP contribution in [-0.2, 0) is 0 Å². The Bertz CT molecular complexity index is 1110. The molecule has 0 bridgehead atoms. The maximum Gasteiger partial charge on any atom is 0.115 e. The van der Waals surface area contributed by atoms with Crippen molar-refractivity contribution in [3.63, 3.8) is 0 Å². The van der Waals surface area contributed by atoms with Crippen LogP contribution in [0.4, 0.5) is 0 Å². The van der Waals surface area contributed by atoms with Crippen LogP contribution < -0.4 is 0 Å². The third-order valence-electron chi connectivity index (χ3n) is 3.57. The Morgan fingerprint density at radius 3 is 1.52 bits per heavy atom. The van der Waals surface area contributed by atoms with Crippen molar-refractivity contribution in [3.8, 4) is 33.0 Å². The van der Waals surface area contributed by atoms with Crippen LogP contribution >= 0.6 is 66.3 Å². The maximum absolute atomic E-state index is 9.81. The number of rotatable bonds is 2. The Kier molecular flexibility index (Phi) is 4.44. The monoisotopic (exact) mass is 506 g/mol. The quantitative estimate of drug-likeness (QED) is 0.314. The van der Waals surface area contributed by atoms with Gasteiger partial charge in [0, 0.05) is 20.9 Å². The average Bonchev–Trinajstić information content (AvgIpc) is 3.33. The number of fused-ring (bicyclic) bond motifs is 1. The van der Waals surface area contributed by atoms with E-state index in [1.165, 1.54) is 22.7 Å². The zero-order valence-corrected chi connectivity index (χ0v) is 17.7. The van der Waals surface area contributed by atoms with Crippen LogP contribution in [0.1, 0.15) is 11.1 Å². The van der Waals surface area contributed by atoms with Gasteiger partial charge < -0.3 is 0 Å². The summed E-state index contributed by atoms with van der Waals surface area (Å²) in [6.45, 7) is 0. The van der Waals surface area contributed by atoms with Crippen LogP contribution in [0.25, 0.3) is 31.9 Å². The molecule has 4 aromatic rings. The van der Waals surface area contributed by atoms with Gasteiger partial charge in [-0.15, -0.1) is 22.7 Å². The van der Waals surface area contributed by atoms with Crippen molar-refractivity contribution < 1.29 is 0 Å². The highest BCUT2D eigenvalue weighted by atomic mass is 79.9. The molecule has 25 heavy (non-hydrogen) atoms. The first kappa shape index (κ1) is 16.8. The van der Waals surface area contributed by atoms with Crippen molar-refractivity contribution in [1.82, 2.24) is 8.75 Å². The normalized spacial score (nSPS) is 10.7. The number of thiophene rings is 2. The van der Waals surface area contributed by atoms with E-state index >= 15 is 0 Å². The molecule has 0 aliphatic carbocycles. The molecule has 1 aromatic carbocycles. The Hall–Kier alpha value is -1.62. The molecule has 0 radical (unpaired) electrons. The lowest BCUT2D eigenvalue weighted by Gasteiger charge is -2.09.